The van der Waals surface area contributed by atoms with E-state index in [-0.39, 0.29) is 37.4 Å². The van der Waals surface area contributed by atoms with Crippen LogP contribution in [0.25, 0.3) is 0 Å². The molecule has 0 fully saturated rings. The van der Waals surface area contributed by atoms with Crippen LogP contribution in [0.2, 0.25) is 0 Å². The normalized spacial score (nSPS) is 14.5. The van der Waals surface area contributed by atoms with Crippen LogP contribution in [0.15, 0.2) is 54.6 Å². The maximum absolute atomic E-state index is 13.4. The van der Waals surface area contributed by atoms with E-state index in [9.17, 15) is 34.2 Å². The maximum Gasteiger partial charge on any atom is 0.326 e. The topological polar surface area (TPSA) is 214 Å². The Balaban J connectivity index is 2.27. The third-order valence-corrected chi connectivity index (χ3v) is 6.78. The smallest absolute Gasteiger partial charge is 0.326 e. The highest BCUT2D eigenvalue weighted by atomic mass is 16.4. The highest BCUT2D eigenvalue weighted by molar-refractivity contribution is 5.94. The number of carboxylic acids is 1. The highest BCUT2D eigenvalue weighted by Gasteiger charge is 2.31. The van der Waals surface area contributed by atoms with Gasteiger partial charge in [0, 0.05) is 19.3 Å². The Labute approximate surface area is 238 Å². The van der Waals surface area contributed by atoms with E-state index >= 15 is 0 Å². The first-order valence-electron chi connectivity index (χ1n) is 13.4. The molecule has 41 heavy (non-hydrogen) atoms. The Hall–Kier alpha value is -4.45. The molecule has 2 aromatic rings. The molecule has 12 nitrogen and oxygen atoms in total. The van der Waals surface area contributed by atoms with Crippen molar-refractivity contribution in [2.75, 3.05) is 0 Å². The Morgan fingerprint density at radius 1 is 0.780 bits per heavy atom. The van der Waals surface area contributed by atoms with Crippen LogP contribution in [0, 0.1) is 5.92 Å². The lowest BCUT2D eigenvalue weighted by Gasteiger charge is -2.26. The Kier molecular flexibility index (Phi) is 12.8. The van der Waals surface area contributed by atoms with Crippen molar-refractivity contribution in [3.8, 4) is 5.75 Å². The first-order valence-corrected chi connectivity index (χ1v) is 13.4. The molecule has 12 heteroatoms. The minimum Gasteiger partial charge on any atom is -0.508 e. The molecular formula is C29H39N5O7. The second-order valence-electron chi connectivity index (χ2n) is 10.00. The summed E-state index contributed by atoms with van der Waals surface area (Å²) in [5, 5.41) is 26.9. The monoisotopic (exact) mass is 569 g/mol. The number of rotatable bonds is 16. The van der Waals surface area contributed by atoms with E-state index in [1.165, 1.54) is 24.3 Å². The van der Waals surface area contributed by atoms with Gasteiger partial charge in [0.1, 0.15) is 23.9 Å². The molecule has 5 unspecified atom stereocenters. The number of aromatic hydroxyl groups is 1. The summed E-state index contributed by atoms with van der Waals surface area (Å²) < 4.78 is 0. The number of phenolic OH excluding ortho intramolecular Hbond substituents is 1. The van der Waals surface area contributed by atoms with E-state index in [1.54, 1.807) is 37.3 Å². The Morgan fingerprint density at radius 3 is 1.85 bits per heavy atom. The summed E-state index contributed by atoms with van der Waals surface area (Å²) in [7, 11) is 0. The van der Waals surface area contributed by atoms with E-state index < -0.39 is 53.8 Å². The number of nitrogens with two attached hydrogens (primary N) is 2. The van der Waals surface area contributed by atoms with Crippen molar-refractivity contribution >= 4 is 29.6 Å². The van der Waals surface area contributed by atoms with Gasteiger partial charge in [-0.15, -0.1) is 0 Å². The quantitative estimate of drug-likeness (QED) is 0.149. The van der Waals surface area contributed by atoms with Crippen molar-refractivity contribution in [2.45, 2.75) is 70.1 Å². The first kappa shape index (κ1) is 32.8. The number of amides is 4. The van der Waals surface area contributed by atoms with Crippen LogP contribution in [0.3, 0.4) is 0 Å². The zero-order valence-electron chi connectivity index (χ0n) is 23.2. The van der Waals surface area contributed by atoms with Gasteiger partial charge in [-0.1, -0.05) is 62.7 Å². The number of nitrogens with one attached hydrogen (secondary N) is 3. The molecule has 0 spiro atoms. The number of carbonyl (C=O) groups excluding carboxylic acids is 4. The largest absolute Gasteiger partial charge is 0.508 e. The zero-order valence-corrected chi connectivity index (χ0v) is 23.2. The average Bonchev–Trinajstić information content (AvgIpc) is 2.94. The summed E-state index contributed by atoms with van der Waals surface area (Å²) in [6, 6.07) is 10.00. The average molecular weight is 570 g/mol. The third-order valence-electron chi connectivity index (χ3n) is 6.78. The van der Waals surface area contributed by atoms with E-state index in [0.29, 0.717) is 17.5 Å². The standard InChI is InChI=1S/C29H39N5O7/c1-3-17(2)25(31)28(39)32-21(13-14-24(30)36)26(37)33-22(15-18-7-5-4-6-8-18)27(38)34-23(29(40)41)16-19-9-11-20(35)12-10-19/h4-12,17,21-23,25,35H,3,13-16,31H2,1-2H3,(H2,30,36)(H,32,39)(H,33,37)(H,34,38)(H,40,41). The molecule has 0 saturated heterocycles. The Morgan fingerprint density at radius 2 is 1.29 bits per heavy atom. The summed E-state index contributed by atoms with van der Waals surface area (Å²) in [5.74, 6) is -4.23. The van der Waals surface area contributed by atoms with Crippen molar-refractivity contribution in [1.82, 2.24) is 16.0 Å². The van der Waals surface area contributed by atoms with Gasteiger partial charge in [-0.3, -0.25) is 19.2 Å². The Bertz CT molecular complexity index is 1190. The second kappa shape index (κ2) is 16.0. The predicted molar refractivity (Wildman–Crippen MR) is 151 cm³/mol. The van der Waals surface area contributed by atoms with E-state index in [0.717, 1.165) is 0 Å². The summed E-state index contributed by atoms with van der Waals surface area (Å²) in [5.41, 5.74) is 12.5. The zero-order chi connectivity index (χ0) is 30.5. The maximum atomic E-state index is 13.4. The fourth-order valence-corrected chi connectivity index (χ4v) is 4.01. The molecule has 0 aliphatic rings. The number of benzene rings is 2. The molecule has 0 radical (unpaired) electrons. The van der Waals surface area contributed by atoms with Gasteiger partial charge in [0.2, 0.25) is 23.6 Å². The number of carbonyl (C=O) groups is 5. The lowest BCUT2D eigenvalue weighted by Crippen LogP contribution is -2.58. The SMILES string of the molecule is CCC(C)C(N)C(=O)NC(CCC(N)=O)C(=O)NC(Cc1ccccc1)C(=O)NC(Cc1ccc(O)cc1)C(=O)O. The van der Waals surface area contributed by atoms with E-state index in [4.69, 9.17) is 11.5 Å². The van der Waals surface area contributed by atoms with Gasteiger partial charge in [0.05, 0.1) is 6.04 Å². The fraction of sp³-hybridized carbons (Fsp3) is 0.414. The van der Waals surface area contributed by atoms with E-state index in [2.05, 4.69) is 16.0 Å². The van der Waals surface area contributed by atoms with Crippen LogP contribution in [-0.4, -0.2) is 64.0 Å². The number of phenols is 1. The van der Waals surface area contributed by atoms with Crippen molar-refractivity contribution in [3.05, 3.63) is 65.7 Å². The van der Waals surface area contributed by atoms with Gasteiger partial charge in [-0.05, 0) is 35.6 Å². The van der Waals surface area contributed by atoms with E-state index in [1.807, 2.05) is 6.92 Å². The third kappa shape index (κ3) is 10.9. The van der Waals surface area contributed by atoms with Crippen LogP contribution in [0.5, 0.6) is 5.75 Å². The number of hydrogen-bond donors (Lipinski definition) is 7. The molecule has 222 valence electrons. The summed E-state index contributed by atoms with van der Waals surface area (Å²) in [4.78, 5) is 62.9. The molecule has 2 rings (SSSR count). The minimum atomic E-state index is -1.33. The van der Waals surface area contributed by atoms with Crippen molar-refractivity contribution in [2.24, 2.45) is 17.4 Å². The van der Waals surface area contributed by atoms with Crippen molar-refractivity contribution in [3.63, 3.8) is 0 Å². The molecule has 5 atom stereocenters. The van der Waals surface area contributed by atoms with Crippen LogP contribution in [0.1, 0.15) is 44.2 Å². The van der Waals surface area contributed by atoms with Gasteiger partial charge < -0.3 is 37.6 Å². The van der Waals surface area contributed by atoms with Gasteiger partial charge in [-0.25, -0.2) is 4.79 Å². The molecular weight excluding hydrogens is 530 g/mol. The van der Waals surface area contributed by atoms with Crippen LogP contribution in [0.4, 0.5) is 0 Å². The molecule has 0 bridgehead atoms. The molecule has 0 saturated carbocycles. The number of primary amides is 1. The molecule has 9 N–H and O–H groups in total. The van der Waals surface area contributed by atoms with Gasteiger partial charge in [0.15, 0.2) is 0 Å². The van der Waals surface area contributed by atoms with Crippen LogP contribution >= 0.6 is 0 Å². The first-order chi connectivity index (χ1) is 19.4. The van der Waals surface area contributed by atoms with Crippen LogP contribution < -0.4 is 27.4 Å². The summed E-state index contributed by atoms with van der Waals surface area (Å²) in [6.45, 7) is 3.66. The number of aliphatic carboxylic acids is 1. The molecule has 0 heterocycles. The lowest BCUT2D eigenvalue weighted by molar-refractivity contribution is -0.142. The summed E-state index contributed by atoms with van der Waals surface area (Å²) >= 11 is 0. The second-order valence-corrected chi connectivity index (χ2v) is 10.00. The predicted octanol–water partition coefficient (Wildman–Crippen LogP) is 0.355. The molecule has 2 aromatic carbocycles. The summed E-state index contributed by atoms with van der Waals surface area (Å²) in [6.07, 6.45) is 0.241. The van der Waals surface area contributed by atoms with Gasteiger partial charge in [-0.2, -0.15) is 0 Å². The molecule has 0 aliphatic heterocycles. The lowest BCUT2D eigenvalue weighted by atomic mass is 9.98. The molecule has 0 aromatic heterocycles. The number of hydrogen-bond acceptors (Lipinski definition) is 7. The fourth-order valence-electron chi connectivity index (χ4n) is 4.01. The highest BCUT2D eigenvalue weighted by Crippen LogP contribution is 2.13. The van der Waals surface area contributed by atoms with Crippen molar-refractivity contribution < 1.29 is 34.2 Å². The number of carboxylic acid groups (broad SMARTS) is 1. The van der Waals surface area contributed by atoms with Crippen molar-refractivity contribution in [1.29, 1.82) is 0 Å². The minimum absolute atomic E-state index is 0.0124. The molecule has 4 amide bonds. The van der Waals surface area contributed by atoms with Gasteiger partial charge in [0.25, 0.3) is 0 Å². The molecule has 0 aliphatic carbocycles. The van der Waals surface area contributed by atoms with Crippen LogP contribution in [-0.2, 0) is 36.8 Å². The van der Waals surface area contributed by atoms with Gasteiger partial charge >= 0.3 is 5.97 Å².